The number of hydrogen-bond donors (Lipinski definition) is 0. The molecular weight excluding hydrogens is 204 g/mol. The van der Waals surface area contributed by atoms with Crippen LogP contribution < -0.4 is 4.74 Å². The number of carbonyl (C=O) groups is 1. The molecular formula is C12H18N2O2. The molecule has 0 aliphatic heterocycles. The predicted octanol–water partition coefficient (Wildman–Crippen LogP) is 2.27. The third-order valence-corrected chi connectivity index (χ3v) is 2.40. The molecule has 0 spiro atoms. The fraction of sp³-hybridized carbons (Fsp3) is 0.583. The van der Waals surface area contributed by atoms with Crippen molar-refractivity contribution in [3.05, 3.63) is 17.6 Å². The summed E-state index contributed by atoms with van der Waals surface area (Å²) in [5, 5.41) is 0. The highest BCUT2D eigenvalue weighted by Gasteiger charge is 2.16. The first-order valence-electron chi connectivity index (χ1n) is 5.59. The molecule has 0 radical (unpaired) electrons. The summed E-state index contributed by atoms with van der Waals surface area (Å²) in [5.41, 5.74) is 0.739. The number of carbonyl (C=O) groups excluding carboxylic acids is 1. The highest BCUT2D eigenvalue weighted by atomic mass is 16.5. The van der Waals surface area contributed by atoms with Gasteiger partial charge in [-0.05, 0) is 20.8 Å². The van der Waals surface area contributed by atoms with Crippen LogP contribution in [-0.2, 0) is 4.79 Å². The molecule has 0 N–H and O–H groups in total. The molecule has 0 bridgehead atoms. The first kappa shape index (κ1) is 12.6. The molecule has 0 saturated carbocycles. The third-order valence-electron chi connectivity index (χ3n) is 2.40. The second-order valence-corrected chi connectivity index (χ2v) is 3.65. The van der Waals surface area contributed by atoms with Gasteiger partial charge in [-0.1, -0.05) is 6.92 Å². The maximum atomic E-state index is 11.6. The van der Waals surface area contributed by atoms with Gasteiger partial charge in [0.15, 0.2) is 0 Å². The number of rotatable bonds is 5. The van der Waals surface area contributed by atoms with E-state index in [1.165, 1.54) is 0 Å². The van der Waals surface area contributed by atoms with E-state index in [4.69, 9.17) is 4.74 Å². The summed E-state index contributed by atoms with van der Waals surface area (Å²) in [4.78, 5) is 20.0. The van der Waals surface area contributed by atoms with Gasteiger partial charge in [-0.3, -0.25) is 4.79 Å². The summed E-state index contributed by atoms with van der Waals surface area (Å²) >= 11 is 0. The van der Waals surface area contributed by atoms with E-state index in [1.807, 2.05) is 20.8 Å². The first-order valence-corrected chi connectivity index (χ1v) is 5.59. The van der Waals surface area contributed by atoms with E-state index in [2.05, 4.69) is 9.97 Å². The molecule has 0 aliphatic rings. The minimum atomic E-state index is -0.189. The lowest BCUT2D eigenvalue weighted by Gasteiger charge is -2.11. The van der Waals surface area contributed by atoms with Crippen LogP contribution in [0.25, 0.3) is 0 Å². The Morgan fingerprint density at radius 3 is 2.69 bits per heavy atom. The van der Waals surface area contributed by atoms with Crippen LogP contribution in [0.5, 0.6) is 5.88 Å². The van der Waals surface area contributed by atoms with Crippen LogP contribution in [0.4, 0.5) is 0 Å². The lowest BCUT2D eigenvalue weighted by atomic mass is 10.0. The van der Waals surface area contributed by atoms with Gasteiger partial charge in [0, 0.05) is 12.5 Å². The van der Waals surface area contributed by atoms with Crippen LogP contribution in [0, 0.1) is 6.92 Å². The number of aromatic nitrogens is 2. The van der Waals surface area contributed by atoms with E-state index in [-0.39, 0.29) is 11.7 Å². The number of aryl methyl sites for hydroxylation is 1. The number of ketones is 1. The van der Waals surface area contributed by atoms with Crippen molar-refractivity contribution in [1.82, 2.24) is 9.97 Å². The zero-order chi connectivity index (χ0) is 12.1. The van der Waals surface area contributed by atoms with Crippen molar-refractivity contribution in [3.63, 3.8) is 0 Å². The third kappa shape index (κ3) is 3.02. The van der Waals surface area contributed by atoms with E-state index >= 15 is 0 Å². The molecule has 0 saturated heterocycles. The van der Waals surface area contributed by atoms with Crippen molar-refractivity contribution in [2.45, 2.75) is 40.0 Å². The van der Waals surface area contributed by atoms with Crippen LogP contribution in [0.2, 0.25) is 0 Å². The molecule has 1 rings (SSSR count). The molecule has 4 nitrogen and oxygen atoms in total. The molecule has 1 unspecified atom stereocenters. The van der Waals surface area contributed by atoms with Gasteiger partial charge in [-0.2, -0.15) is 4.98 Å². The zero-order valence-corrected chi connectivity index (χ0v) is 10.3. The van der Waals surface area contributed by atoms with Gasteiger partial charge >= 0.3 is 0 Å². The van der Waals surface area contributed by atoms with Crippen LogP contribution in [0.3, 0.4) is 0 Å². The molecule has 88 valence electrons. The molecule has 1 aromatic rings. The lowest BCUT2D eigenvalue weighted by Crippen LogP contribution is -2.11. The summed E-state index contributed by atoms with van der Waals surface area (Å²) in [6.45, 7) is 7.98. The molecule has 1 atom stereocenters. The Kier molecular flexibility index (Phi) is 4.40. The summed E-state index contributed by atoms with van der Waals surface area (Å²) < 4.78 is 5.33. The Balaban J connectivity index is 2.99. The number of Topliss-reactive ketones (excluding diaryl/α,β-unsaturated/α-hetero) is 1. The van der Waals surface area contributed by atoms with Crippen molar-refractivity contribution < 1.29 is 9.53 Å². The van der Waals surface area contributed by atoms with Gasteiger partial charge in [0.1, 0.15) is 11.6 Å². The summed E-state index contributed by atoms with van der Waals surface area (Å²) in [6.07, 6.45) is 0.522. The van der Waals surface area contributed by atoms with Crippen molar-refractivity contribution in [2.24, 2.45) is 0 Å². The summed E-state index contributed by atoms with van der Waals surface area (Å²) in [6, 6.07) is 1.74. The Bertz CT molecular complexity index is 377. The van der Waals surface area contributed by atoms with Gasteiger partial charge in [-0.15, -0.1) is 0 Å². The fourth-order valence-electron chi connectivity index (χ4n) is 1.48. The van der Waals surface area contributed by atoms with Gasteiger partial charge in [-0.25, -0.2) is 4.98 Å². The Hall–Kier alpha value is -1.45. The molecule has 0 fully saturated rings. The maximum Gasteiger partial charge on any atom is 0.216 e. The van der Waals surface area contributed by atoms with Crippen LogP contribution in [0.1, 0.15) is 44.6 Å². The average Bonchev–Trinajstić information content (AvgIpc) is 2.26. The van der Waals surface area contributed by atoms with E-state index in [1.54, 1.807) is 13.0 Å². The molecule has 0 aromatic carbocycles. The van der Waals surface area contributed by atoms with E-state index in [0.717, 1.165) is 5.69 Å². The SMILES string of the molecule is CCOc1cc(C(C)C(=O)CC)nc(C)n1. The minimum absolute atomic E-state index is 0.181. The minimum Gasteiger partial charge on any atom is -0.478 e. The van der Waals surface area contributed by atoms with Crippen molar-refractivity contribution in [1.29, 1.82) is 0 Å². The van der Waals surface area contributed by atoms with Gasteiger partial charge in [0.05, 0.1) is 18.2 Å². The largest absolute Gasteiger partial charge is 0.478 e. The fourth-order valence-corrected chi connectivity index (χ4v) is 1.48. The first-order chi connectivity index (χ1) is 7.58. The normalized spacial score (nSPS) is 12.2. The van der Waals surface area contributed by atoms with Crippen LogP contribution in [0.15, 0.2) is 6.07 Å². The molecule has 0 aliphatic carbocycles. The van der Waals surface area contributed by atoms with Crippen molar-refractivity contribution in [2.75, 3.05) is 6.61 Å². The summed E-state index contributed by atoms with van der Waals surface area (Å²) in [5.74, 6) is 1.17. The monoisotopic (exact) mass is 222 g/mol. The summed E-state index contributed by atoms with van der Waals surface area (Å²) in [7, 11) is 0. The smallest absolute Gasteiger partial charge is 0.216 e. The van der Waals surface area contributed by atoms with Gasteiger partial charge in [0.25, 0.3) is 0 Å². The standard InChI is InChI=1S/C12H18N2O2/c1-5-11(15)8(3)10-7-12(16-6-2)14-9(4)13-10/h7-8H,5-6H2,1-4H3. The number of hydrogen-bond acceptors (Lipinski definition) is 4. The lowest BCUT2D eigenvalue weighted by molar-refractivity contribution is -0.119. The second-order valence-electron chi connectivity index (χ2n) is 3.65. The quantitative estimate of drug-likeness (QED) is 0.766. The van der Waals surface area contributed by atoms with Crippen LogP contribution >= 0.6 is 0 Å². The molecule has 0 amide bonds. The van der Waals surface area contributed by atoms with Crippen molar-refractivity contribution >= 4 is 5.78 Å². The Morgan fingerprint density at radius 2 is 2.12 bits per heavy atom. The topological polar surface area (TPSA) is 52.1 Å². The second kappa shape index (κ2) is 5.58. The highest BCUT2D eigenvalue weighted by Crippen LogP contribution is 2.19. The highest BCUT2D eigenvalue weighted by molar-refractivity contribution is 5.84. The van der Waals surface area contributed by atoms with E-state index in [9.17, 15) is 4.79 Å². The zero-order valence-electron chi connectivity index (χ0n) is 10.3. The van der Waals surface area contributed by atoms with Gasteiger partial charge in [0.2, 0.25) is 5.88 Å². The molecule has 16 heavy (non-hydrogen) atoms. The molecule has 1 aromatic heterocycles. The Labute approximate surface area is 96.1 Å². The van der Waals surface area contributed by atoms with E-state index in [0.29, 0.717) is 24.7 Å². The Morgan fingerprint density at radius 1 is 1.44 bits per heavy atom. The average molecular weight is 222 g/mol. The predicted molar refractivity (Wildman–Crippen MR) is 61.7 cm³/mol. The van der Waals surface area contributed by atoms with E-state index < -0.39 is 0 Å². The molecule has 1 heterocycles. The van der Waals surface area contributed by atoms with Gasteiger partial charge < -0.3 is 4.74 Å². The number of ether oxygens (including phenoxy) is 1. The number of nitrogens with zero attached hydrogens (tertiary/aromatic N) is 2. The maximum absolute atomic E-state index is 11.6. The molecule has 4 heteroatoms. The van der Waals surface area contributed by atoms with Crippen molar-refractivity contribution in [3.8, 4) is 5.88 Å². The van der Waals surface area contributed by atoms with Crippen LogP contribution in [-0.4, -0.2) is 22.4 Å².